The van der Waals surface area contributed by atoms with Gasteiger partial charge in [0, 0.05) is 12.1 Å². The zero-order valence-corrected chi connectivity index (χ0v) is 10.4. The van der Waals surface area contributed by atoms with Crippen molar-refractivity contribution in [3.8, 4) is 5.75 Å². The van der Waals surface area contributed by atoms with Gasteiger partial charge < -0.3 is 14.5 Å². The van der Waals surface area contributed by atoms with E-state index in [1.54, 1.807) is 13.2 Å². The summed E-state index contributed by atoms with van der Waals surface area (Å²) in [5.74, 6) is 0.483. The number of hydrogen-bond acceptors (Lipinski definition) is 3. The fraction of sp³-hybridized carbons (Fsp3) is 0.214. The van der Waals surface area contributed by atoms with Crippen LogP contribution in [0.2, 0.25) is 0 Å². The van der Waals surface area contributed by atoms with Gasteiger partial charge in [0.15, 0.2) is 0 Å². The van der Waals surface area contributed by atoms with E-state index in [0.29, 0.717) is 5.69 Å². The van der Waals surface area contributed by atoms with Crippen molar-refractivity contribution in [2.24, 2.45) is 0 Å². The summed E-state index contributed by atoms with van der Waals surface area (Å²) in [4.78, 5) is 14.3. The van der Waals surface area contributed by atoms with E-state index >= 15 is 0 Å². The van der Waals surface area contributed by atoms with Crippen LogP contribution in [0.3, 0.4) is 0 Å². The van der Waals surface area contributed by atoms with E-state index in [-0.39, 0.29) is 5.97 Å². The summed E-state index contributed by atoms with van der Waals surface area (Å²) < 4.78 is 9.74. The van der Waals surface area contributed by atoms with E-state index in [0.717, 1.165) is 23.4 Å². The van der Waals surface area contributed by atoms with Crippen molar-refractivity contribution < 1.29 is 14.3 Å². The number of carbonyl (C=O) groups excluding carboxylic acids is 1. The summed E-state index contributed by atoms with van der Waals surface area (Å²) in [5.41, 5.74) is 2.59. The maximum absolute atomic E-state index is 11.3. The van der Waals surface area contributed by atoms with Crippen LogP contribution >= 0.6 is 0 Å². The molecular formula is C14H15NO3. The maximum Gasteiger partial charge on any atom is 0.354 e. The van der Waals surface area contributed by atoms with E-state index in [1.165, 1.54) is 7.11 Å². The highest BCUT2D eigenvalue weighted by atomic mass is 16.5. The Morgan fingerprint density at radius 2 is 1.83 bits per heavy atom. The van der Waals surface area contributed by atoms with Crippen molar-refractivity contribution in [3.63, 3.8) is 0 Å². The van der Waals surface area contributed by atoms with Crippen molar-refractivity contribution in [1.82, 2.24) is 4.98 Å². The van der Waals surface area contributed by atoms with Gasteiger partial charge in [0.05, 0.1) is 14.2 Å². The highest BCUT2D eigenvalue weighted by molar-refractivity contribution is 5.87. The Hall–Kier alpha value is -2.23. The fourth-order valence-electron chi connectivity index (χ4n) is 1.74. The minimum Gasteiger partial charge on any atom is -0.497 e. The molecule has 4 heteroatoms. The molecule has 2 aromatic rings. The van der Waals surface area contributed by atoms with E-state index in [4.69, 9.17) is 4.74 Å². The number of ether oxygens (including phenoxy) is 2. The number of nitrogens with one attached hydrogen (secondary N) is 1. The number of esters is 1. The molecule has 0 fully saturated rings. The molecule has 2 rings (SSSR count). The molecule has 0 saturated carbocycles. The van der Waals surface area contributed by atoms with Crippen molar-refractivity contribution in [2.45, 2.75) is 6.42 Å². The highest BCUT2D eigenvalue weighted by Gasteiger charge is 2.08. The van der Waals surface area contributed by atoms with Crippen molar-refractivity contribution >= 4 is 5.97 Å². The second-order valence-corrected chi connectivity index (χ2v) is 3.91. The lowest BCUT2D eigenvalue weighted by molar-refractivity contribution is 0.0594. The van der Waals surface area contributed by atoms with Gasteiger partial charge in [-0.2, -0.15) is 0 Å². The van der Waals surface area contributed by atoms with Crippen LogP contribution in [0.1, 0.15) is 21.7 Å². The Balaban J connectivity index is 2.08. The molecule has 0 saturated heterocycles. The molecule has 4 nitrogen and oxygen atoms in total. The van der Waals surface area contributed by atoms with Crippen LogP contribution in [-0.2, 0) is 11.2 Å². The Kier molecular flexibility index (Phi) is 3.67. The summed E-state index contributed by atoms with van der Waals surface area (Å²) >= 11 is 0. The van der Waals surface area contributed by atoms with Crippen molar-refractivity contribution in [3.05, 3.63) is 53.3 Å². The maximum atomic E-state index is 11.3. The molecule has 0 amide bonds. The largest absolute Gasteiger partial charge is 0.497 e. The number of benzene rings is 1. The molecule has 1 N–H and O–H groups in total. The molecule has 0 unspecified atom stereocenters. The molecule has 0 radical (unpaired) electrons. The molecule has 0 aliphatic carbocycles. The van der Waals surface area contributed by atoms with Gasteiger partial charge in [-0.1, -0.05) is 12.1 Å². The number of H-pyrrole nitrogens is 1. The lowest BCUT2D eigenvalue weighted by atomic mass is 10.1. The third-order valence-electron chi connectivity index (χ3n) is 2.71. The Bertz CT molecular complexity index is 528. The van der Waals surface area contributed by atoms with Gasteiger partial charge in [0.2, 0.25) is 0 Å². The van der Waals surface area contributed by atoms with E-state index in [2.05, 4.69) is 9.72 Å². The minimum absolute atomic E-state index is 0.351. The van der Waals surface area contributed by atoms with Gasteiger partial charge in [-0.05, 0) is 29.8 Å². The average Bonchev–Trinajstić information content (AvgIpc) is 2.87. The predicted molar refractivity (Wildman–Crippen MR) is 67.9 cm³/mol. The van der Waals surface area contributed by atoms with Crippen LogP contribution in [0.25, 0.3) is 0 Å². The van der Waals surface area contributed by atoms with Crippen LogP contribution in [0.4, 0.5) is 0 Å². The van der Waals surface area contributed by atoms with Gasteiger partial charge in [-0.25, -0.2) is 4.79 Å². The first kappa shape index (κ1) is 12.2. The van der Waals surface area contributed by atoms with E-state index in [9.17, 15) is 4.79 Å². The van der Waals surface area contributed by atoms with Crippen LogP contribution in [-0.4, -0.2) is 25.2 Å². The number of hydrogen-bond donors (Lipinski definition) is 1. The predicted octanol–water partition coefficient (Wildman–Crippen LogP) is 2.40. The molecule has 0 bridgehead atoms. The first-order valence-corrected chi connectivity index (χ1v) is 5.62. The molecular weight excluding hydrogens is 230 g/mol. The molecule has 18 heavy (non-hydrogen) atoms. The summed E-state index contributed by atoms with van der Waals surface area (Å²) in [7, 11) is 3.01. The quantitative estimate of drug-likeness (QED) is 0.841. The number of methoxy groups -OCH3 is 2. The monoisotopic (exact) mass is 245 g/mol. The van der Waals surface area contributed by atoms with E-state index < -0.39 is 0 Å². The second kappa shape index (κ2) is 5.40. The van der Waals surface area contributed by atoms with Crippen molar-refractivity contribution in [1.29, 1.82) is 0 Å². The zero-order valence-electron chi connectivity index (χ0n) is 10.4. The first-order valence-electron chi connectivity index (χ1n) is 5.62. The summed E-state index contributed by atoms with van der Waals surface area (Å²) in [6.45, 7) is 0. The summed E-state index contributed by atoms with van der Waals surface area (Å²) in [6, 6.07) is 11.4. The number of carbonyl (C=O) groups is 1. The molecule has 1 heterocycles. The van der Waals surface area contributed by atoms with Gasteiger partial charge in [0.1, 0.15) is 11.4 Å². The first-order chi connectivity index (χ1) is 8.72. The summed E-state index contributed by atoms with van der Waals surface area (Å²) in [6.07, 6.45) is 0.737. The molecule has 1 aromatic carbocycles. The second-order valence-electron chi connectivity index (χ2n) is 3.91. The van der Waals surface area contributed by atoms with Gasteiger partial charge >= 0.3 is 5.97 Å². The fourth-order valence-corrected chi connectivity index (χ4v) is 1.74. The molecule has 0 atom stereocenters. The van der Waals surface area contributed by atoms with Crippen LogP contribution in [0, 0.1) is 0 Å². The lowest BCUT2D eigenvalue weighted by Crippen LogP contribution is -2.01. The molecule has 94 valence electrons. The molecule has 0 spiro atoms. The summed E-state index contributed by atoms with van der Waals surface area (Å²) in [5, 5.41) is 0. The third kappa shape index (κ3) is 2.71. The van der Waals surface area contributed by atoms with Crippen LogP contribution < -0.4 is 4.74 Å². The third-order valence-corrected chi connectivity index (χ3v) is 2.71. The zero-order chi connectivity index (χ0) is 13.0. The standard InChI is InChI=1S/C14H15NO3/c1-17-12-6-3-10(4-7-12)9-11-5-8-13(15-11)14(16)18-2/h3-8,15H,9H2,1-2H3. The number of aromatic nitrogens is 1. The normalized spacial score (nSPS) is 10.1. The Morgan fingerprint density at radius 1 is 1.11 bits per heavy atom. The van der Waals surface area contributed by atoms with E-state index in [1.807, 2.05) is 30.3 Å². The lowest BCUT2D eigenvalue weighted by Gasteiger charge is -2.02. The van der Waals surface area contributed by atoms with Gasteiger partial charge in [0.25, 0.3) is 0 Å². The number of rotatable bonds is 4. The number of aromatic amines is 1. The Morgan fingerprint density at radius 3 is 2.44 bits per heavy atom. The SMILES string of the molecule is COC(=O)c1ccc(Cc2ccc(OC)cc2)[nH]1. The van der Waals surface area contributed by atoms with Crippen LogP contribution in [0.5, 0.6) is 5.75 Å². The molecule has 0 aliphatic rings. The minimum atomic E-state index is -0.351. The topological polar surface area (TPSA) is 51.3 Å². The highest BCUT2D eigenvalue weighted by Crippen LogP contribution is 2.14. The molecule has 1 aromatic heterocycles. The van der Waals surface area contributed by atoms with Gasteiger partial charge in [-0.3, -0.25) is 0 Å². The molecule has 0 aliphatic heterocycles. The van der Waals surface area contributed by atoms with Crippen LogP contribution in [0.15, 0.2) is 36.4 Å². The smallest absolute Gasteiger partial charge is 0.354 e. The Labute approximate surface area is 106 Å². The average molecular weight is 245 g/mol. The van der Waals surface area contributed by atoms with Gasteiger partial charge in [-0.15, -0.1) is 0 Å². The van der Waals surface area contributed by atoms with Crippen molar-refractivity contribution in [2.75, 3.05) is 14.2 Å².